The average molecular weight is 224 g/mol. The number of ether oxygens (including phenoxy) is 1. The summed E-state index contributed by atoms with van der Waals surface area (Å²) in [4.78, 5) is 0. The van der Waals surface area contributed by atoms with Crippen LogP contribution in [0.1, 0.15) is 18.3 Å². The number of nitrogens with one attached hydrogen (secondary N) is 1. The summed E-state index contributed by atoms with van der Waals surface area (Å²) in [6.07, 6.45) is 0.991. The number of morpholine rings is 1. The quantitative estimate of drug-likeness (QED) is 0.800. The van der Waals surface area contributed by atoms with Crippen LogP contribution in [0.4, 0.5) is 0 Å². The van der Waals surface area contributed by atoms with Crippen molar-refractivity contribution >= 4 is 0 Å². The first-order valence-electron chi connectivity index (χ1n) is 5.87. The highest BCUT2D eigenvalue weighted by molar-refractivity contribution is 5.09. The van der Waals surface area contributed by atoms with Crippen molar-refractivity contribution in [3.05, 3.63) is 17.5 Å². The zero-order valence-electron chi connectivity index (χ0n) is 10.1. The van der Waals surface area contributed by atoms with E-state index in [0.29, 0.717) is 0 Å². The Morgan fingerprint density at radius 3 is 2.81 bits per heavy atom. The molecule has 1 aliphatic heterocycles. The number of hydrogen-bond donors (Lipinski definition) is 1. The minimum Gasteiger partial charge on any atom is -0.379 e. The van der Waals surface area contributed by atoms with Gasteiger partial charge in [0.15, 0.2) is 0 Å². The van der Waals surface area contributed by atoms with Crippen molar-refractivity contribution < 1.29 is 4.74 Å². The number of hydrogen-bond acceptors (Lipinski definition) is 4. The minimum absolute atomic E-state index is 0.818. The van der Waals surface area contributed by atoms with Crippen LogP contribution in [0.25, 0.3) is 0 Å². The lowest BCUT2D eigenvalue weighted by Gasteiger charge is -2.27. The first-order chi connectivity index (χ1) is 7.79. The van der Waals surface area contributed by atoms with Crippen LogP contribution in [0.5, 0.6) is 0 Å². The summed E-state index contributed by atoms with van der Waals surface area (Å²) in [5.41, 5.74) is 5.79. The van der Waals surface area contributed by atoms with Gasteiger partial charge in [0.05, 0.1) is 31.1 Å². The van der Waals surface area contributed by atoms with Crippen LogP contribution in [-0.2, 0) is 24.8 Å². The second kappa shape index (κ2) is 5.43. The fraction of sp³-hybridized carbons (Fsp3) is 0.727. The zero-order valence-corrected chi connectivity index (χ0v) is 10.1. The summed E-state index contributed by atoms with van der Waals surface area (Å²) < 4.78 is 7.25. The number of rotatable bonds is 4. The van der Waals surface area contributed by atoms with E-state index in [2.05, 4.69) is 28.5 Å². The standard InChI is InChI=1S/C11H20N4O/c1-3-10-8-11(14(2)13-10)9-12-15-4-6-16-7-5-15/h8,12H,3-7,9H2,1-2H3. The van der Waals surface area contributed by atoms with Crippen molar-refractivity contribution in [3.63, 3.8) is 0 Å². The topological polar surface area (TPSA) is 42.3 Å². The Morgan fingerprint density at radius 1 is 1.44 bits per heavy atom. The van der Waals surface area contributed by atoms with E-state index in [-0.39, 0.29) is 0 Å². The van der Waals surface area contributed by atoms with Gasteiger partial charge in [0.1, 0.15) is 0 Å². The number of aromatic nitrogens is 2. The van der Waals surface area contributed by atoms with Gasteiger partial charge in [-0.2, -0.15) is 5.10 Å². The van der Waals surface area contributed by atoms with E-state index >= 15 is 0 Å². The molecule has 1 aromatic heterocycles. The molecule has 90 valence electrons. The van der Waals surface area contributed by atoms with Gasteiger partial charge < -0.3 is 4.74 Å². The first-order valence-corrected chi connectivity index (χ1v) is 5.87. The lowest BCUT2D eigenvalue weighted by Crippen LogP contribution is -2.45. The molecule has 0 aliphatic carbocycles. The fourth-order valence-electron chi connectivity index (χ4n) is 1.82. The Hall–Kier alpha value is -0.910. The Kier molecular flexibility index (Phi) is 3.93. The molecular formula is C11H20N4O. The molecule has 2 rings (SSSR count). The predicted octanol–water partition coefficient (Wildman–Crippen LogP) is 0.319. The van der Waals surface area contributed by atoms with E-state index in [1.54, 1.807) is 0 Å². The maximum Gasteiger partial charge on any atom is 0.0625 e. The number of hydrazine groups is 1. The molecular weight excluding hydrogens is 204 g/mol. The van der Waals surface area contributed by atoms with Crippen molar-refractivity contribution in [2.24, 2.45) is 7.05 Å². The van der Waals surface area contributed by atoms with Gasteiger partial charge in [-0.25, -0.2) is 10.4 Å². The van der Waals surface area contributed by atoms with Crippen LogP contribution < -0.4 is 5.43 Å². The molecule has 1 N–H and O–H groups in total. The Morgan fingerprint density at radius 2 is 2.19 bits per heavy atom. The summed E-state index contributed by atoms with van der Waals surface area (Å²) >= 11 is 0. The smallest absolute Gasteiger partial charge is 0.0625 e. The van der Waals surface area contributed by atoms with Crippen molar-refractivity contribution in [2.45, 2.75) is 19.9 Å². The van der Waals surface area contributed by atoms with E-state index in [0.717, 1.165) is 45.0 Å². The molecule has 0 amide bonds. The number of nitrogens with zero attached hydrogens (tertiary/aromatic N) is 3. The Bertz CT molecular complexity index is 331. The summed E-state index contributed by atoms with van der Waals surface area (Å²) in [5, 5.41) is 6.64. The van der Waals surface area contributed by atoms with E-state index in [1.807, 2.05) is 11.7 Å². The molecule has 0 aromatic carbocycles. The van der Waals surface area contributed by atoms with Gasteiger partial charge in [-0.1, -0.05) is 6.92 Å². The molecule has 0 unspecified atom stereocenters. The molecule has 0 bridgehead atoms. The predicted molar refractivity (Wildman–Crippen MR) is 61.8 cm³/mol. The van der Waals surface area contributed by atoms with E-state index in [4.69, 9.17) is 4.74 Å². The lowest BCUT2D eigenvalue weighted by molar-refractivity contribution is 0.0102. The maximum absolute atomic E-state index is 5.30. The monoisotopic (exact) mass is 224 g/mol. The maximum atomic E-state index is 5.30. The van der Waals surface area contributed by atoms with Crippen LogP contribution in [0.3, 0.4) is 0 Å². The summed E-state index contributed by atoms with van der Waals surface area (Å²) in [6.45, 7) is 6.51. The fourth-order valence-corrected chi connectivity index (χ4v) is 1.82. The van der Waals surface area contributed by atoms with Gasteiger partial charge in [0.25, 0.3) is 0 Å². The molecule has 1 aromatic rings. The SMILES string of the molecule is CCc1cc(CNN2CCOCC2)n(C)n1. The van der Waals surface area contributed by atoms with Crippen molar-refractivity contribution in [3.8, 4) is 0 Å². The molecule has 5 nitrogen and oxygen atoms in total. The summed E-state index contributed by atoms with van der Waals surface area (Å²) in [6, 6.07) is 2.16. The highest BCUT2D eigenvalue weighted by Crippen LogP contribution is 2.04. The molecule has 0 spiro atoms. The zero-order chi connectivity index (χ0) is 11.4. The highest BCUT2D eigenvalue weighted by Gasteiger charge is 2.10. The third kappa shape index (κ3) is 2.81. The van der Waals surface area contributed by atoms with Crippen molar-refractivity contribution in [2.75, 3.05) is 26.3 Å². The van der Waals surface area contributed by atoms with Crippen LogP contribution in [0.2, 0.25) is 0 Å². The van der Waals surface area contributed by atoms with E-state index < -0.39 is 0 Å². The molecule has 2 heterocycles. The van der Waals surface area contributed by atoms with Gasteiger partial charge in [-0.05, 0) is 12.5 Å². The average Bonchev–Trinajstić information content (AvgIpc) is 2.69. The number of aryl methyl sites for hydroxylation is 2. The molecule has 0 saturated carbocycles. The molecule has 0 radical (unpaired) electrons. The van der Waals surface area contributed by atoms with Gasteiger partial charge in [0, 0.05) is 20.1 Å². The van der Waals surface area contributed by atoms with Gasteiger partial charge >= 0.3 is 0 Å². The Labute approximate surface area is 96.3 Å². The molecule has 16 heavy (non-hydrogen) atoms. The molecule has 1 fully saturated rings. The Balaban J connectivity index is 1.85. The van der Waals surface area contributed by atoms with Crippen LogP contribution in [0.15, 0.2) is 6.07 Å². The third-order valence-corrected chi connectivity index (χ3v) is 2.88. The minimum atomic E-state index is 0.818. The van der Waals surface area contributed by atoms with Gasteiger partial charge in [0.2, 0.25) is 0 Å². The molecule has 1 saturated heterocycles. The van der Waals surface area contributed by atoms with E-state index in [9.17, 15) is 0 Å². The second-order valence-electron chi connectivity index (χ2n) is 4.04. The van der Waals surface area contributed by atoms with Crippen LogP contribution in [-0.4, -0.2) is 41.1 Å². The molecule has 5 heteroatoms. The van der Waals surface area contributed by atoms with E-state index in [1.165, 1.54) is 5.69 Å². The van der Waals surface area contributed by atoms with Gasteiger partial charge in [-0.15, -0.1) is 0 Å². The van der Waals surface area contributed by atoms with Crippen LogP contribution in [0, 0.1) is 0 Å². The lowest BCUT2D eigenvalue weighted by atomic mass is 10.3. The first kappa shape index (κ1) is 11.6. The van der Waals surface area contributed by atoms with Crippen molar-refractivity contribution in [1.29, 1.82) is 0 Å². The van der Waals surface area contributed by atoms with Gasteiger partial charge in [-0.3, -0.25) is 4.68 Å². The highest BCUT2D eigenvalue weighted by atomic mass is 16.5. The summed E-state index contributed by atoms with van der Waals surface area (Å²) in [5.74, 6) is 0. The molecule has 0 atom stereocenters. The third-order valence-electron chi connectivity index (χ3n) is 2.88. The summed E-state index contributed by atoms with van der Waals surface area (Å²) in [7, 11) is 2.00. The normalized spacial score (nSPS) is 17.9. The van der Waals surface area contributed by atoms with Crippen molar-refractivity contribution in [1.82, 2.24) is 20.2 Å². The largest absolute Gasteiger partial charge is 0.379 e. The van der Waals surface area contributed by atoms with Crippen LogP contribution >= 0.6 is 0 Å². The molecule has 1 aliphatic rings. The second-order valence-corrected chi connectivity index (χ2v) is 4.04.